The lowest BCUT2D eigenvalue weighted by Gasteiger charge is -2.12. The SMILES string of the molecule is Cc1ccc(OCCCn2c(COc3ccc4ccccc4c3)nc3ccccc32)cc1. The van der Waals surface area contributed by atoms with Crippen molar-refractivity contribution >= 4 is 21.8 Å². The summed E-state index contributed by atoms with van der Waals surface area (Å²) < 4.78 is 14.3. The Morgan fingerprint density at radius 2 is 1.50 bits per heavy atom. The van der Waals surface area contributed by atoms with Crippen molar-refractivity contribution in [2.45, 2.75) is 26.5 Å². The van der Waals surface area contributed by atoms with Crippen molar-refractivity contribution < 1.29 is 9.47 Å². The van der Waals surface area contributed by atoms with Crippen molar-refractivity contribution in [2.24, 2.45) is 0 Å². The first-order chi connectivity index (χ1) is 15.8. The van der Waals surface area contributed by atoms with E-state index in [1.54, 1.807) is 0 Å². The lowest BCUT2D eigenvalue weighted by Crippen LogP contribution is -2.10. The minimum Gasteiger partial charge on any atom is -0.494 e. The average Bonchev–Trinajstić information content (AvgIpc) is 3.19. The van der Waals surface area contributed by atoms with Crippen molar-refractivity contribution in [3.05, 3.63) is 102 Å². The van der Waals surface area contributed by atoms with Gasteiger partial charge in [-0.2, -0.15) is 0 Å². The molecule has 160 valence electrons. The smallest absolute Gasteiger partial charge is 0.147 e. The summed E-state index contributed by atoms with van der Waals surface area (Å²) in [6.07, 6.45) is 0.886. The minimum absolute atomic E-state index is 0.422. The van der Waals surface area contributed by atoms with Gasteiger partial charge in [0.2, 0.25) is 0 Å². The highest BCUT2D eigenvalue weighted by Crippen LogP contribution is 2.23. The fraction of sp³-hybridized carbons (Fsp3) is 0.179. The summed E-state index contributed by atoms with van der Waals surface area (Å²) >= 11 is 0. The lowest BCUT2D eigenvalue weighted by atomic mass is 10.1. The molecule has 4 nitrogen and oxygen atoms in total. The number of aromatic nitrogens is 2. The minimum atomic E-state index is 0.422. The van der Waals surface area contributed by atoms with E-state index in [1.807, 2.05) is 42.5 Å². The molecule has 0 N–H and O–H groups in total. The monoisotopic (exact) mass is 422 g/mol. The summed E-state index contributed by atoms with van der Waals surface area (Å²) in [5.74, 6) is 2.69. The van der Waals surface area contributed by atoms with Crippen molar-refractivity contribution in [1.82, 2.24) is 9.55 Å². The zero-order chi connectivity index (χ0) is 21.8. The number of nitrogens with zero attached hydrogens (tertiary/aromatic N) is 2. The number of hydrogen-bond donors (Lipinski definition) is 0. The number of imidazole rings is 1. The van der Waals surface area contributed by atoms with Crippen LogP contribution >= 0.6 is 0 Å². The molecule has 1 aromatic heterocycles. The van der Waals surface area contributed by atoms with Gasteiger partial charge < -0.3 is 14.0 Å². The van der Waals surface area contributed by atoms with E-state index in [1.165, 1.54) is 16.3 Å². The van der Waals surface area contributed by atoms with Gasteiger partial charge in [-0.25, -0.2) is 4.98 Å². The Hall–Kier alpha value is -3.79. The Labute approximate surface area is 188 Å². The van der Waals surface area contributed by atoms with Crippen LogP contribution in [0.3, 0.4) is 0 Å². The van der Waals surface area contributed by atoms with Crippen LogP contribution < -0.4 is 9.47 Å². The van der Waals surface area contributed by atoms with Gasteiger partial charge in [-0.1, -0.05) is 60.2 Å². The Morgan fingerprint density at radius 3 is 2.38 bits per heavy atom. The molecule has 0 saturated heterocycles. The molecule has 0 bridgehead atoms. The molecular formula is C28H26N2O2. The molecule has 0 spiro atoms. The van der Waals surface area contributed by atoms with Crippen LogP contribution in [0, 0.1) is 6.92 Å². The largest absolute Gasteiger partial charge is 0.494 e. The first-order valence-electron chi connectivity index (χ1n) is 11.0. The van der Waals surface area contributed by atoms with Crippen molar-refractivity contribution in [3.8, 4) is 11.5 Å². The van der Waals surface area contributed by atoms with Gasteiger partial charge in [0.1, 0.15) is 23.9 Å². The van der Waals surface area contributed by atoms with E-state index in [4.69, 9.17) is 14.5 Å². The molecule has 0 aliphatic heterocycles. The maximum atomic E-state index is 6.14. The molecule has 0 radical (unpaired) electrons. The highest BCUT2D eigenvalue weighted by Gasteiger charge is 2.11. The van der Waals surface area contributed by atoms with E-state index in [-0.39, 0.29) is 0 Å². The van der Waals surface area contributed by atoms with Crippen LogP contribution in [0.4, 0.5) is 0 Å². The second-order valence-electron chi connectivity index (χ2n) is 7.98. The second kappa shape index (κ2) is 9.15. The number of rotatable bonds is 8. The molecule has 5 rings (SSSR count). The molecule has 0 unspecified atom stereocenters. The quantitative estimate of drug-likeness (QED) is 0.266. The standard InChI is InChI=1S/C28H26N2O2/c1-21-11-14-24(15-12-21)31-18-6-17-30-27-10-5-4-9-26(27)29-28(30)20-32-25-16-13-22-7-2-3-8-23(22)19-25/h2-5,7-16,19H,6,17-18,20H2,1H3. The van der Waals surface area contributed by atoms with Crippen LogP contribution in [-0.4, -0.2) is 16.2 Å². The number of aryl methyl sites for hydroxylation is 2. The third-order valence-corrected chi connectivity index (χ3v) is 5.64. The molecule has 1 heterocycles. The predicted molar refractivity (Wildman–Crippen MR) is 129 cm³/mol. The van der Waals surface area contributed by atoms with Gasteiger partial charge in [0.05, 0.1) is 17.6 Å². The summed E-state index contributed by atoms with van der Waals surface area (Å²) in [5, 5.41) is 2.38. The van der Waals surface area contributed by atoms with Gasteiger partial charge in [0.25, 0.3) is 0 Å². The lowest BCUT2D eigenvalue weighted by molar-refractivity contribution is 0.280. The van der Waals surface area contributed by atoms with Crippen LogP contribution in [-0.2, 0) is 13.2 Å². The van der Waals surface area contributed by atoms with Gasteiger partial charge in [0.15, 0.2) is 0 Å². The molecule has 4 heteroatoms. The maximum absolute atomic E-state index is 6.14. The van der Waals surface area contributed by atoms with Gasteiger partial charge in [0, 0.05) is 6.54 Å². The maximum Gasteiger partial charge on any atom is 0.147 e. The summed E-state index contributed by atoms with van der Waals surface area (Å²) in [5.41, 5.74) is 3.35. The first kappa shape index (κ1) is 20.1. The van der Waals surface area contributed by atoms with Crippen LogP contribution in [0.25, 0.3) is 21.8 Å². The average molecular weight is 423 g/mol. The number of para-hydroxylation sites is 2. The Morgan fingerprint density at radius 1 is 0.750 bits per heavy atom. The molecular weight excluding hydrogens is 396 g/mol. The molecule has 0 atom stereocenters. The van der Waals surface area contributed by atoms with Gasteiger partial charge in [-0.05, 0) is 60.5 Å². The highest BCUT2D eigenvalue weighted by atomic mass is 16.5. The van der Waals surface area contributed by atoms with E-state index in [2.05, 4.69) is 60.0 Å². The third kappa shape index (κ3) is 4.45. The number of fused-ring (bicyclic) bond motifs is 2. The topological polar surface area (TPSA) is 36.3 Å². The van der Waals surface area contributed by atoms with E-state index < -0.39 is 0 Å². The van der Waals surface area contributed by atoms with Crippen LogP contribution in [0.5, 0.6) is 11.5 Å². The Bertz CT molecular complexity index is 1340. The second-order valence-corrected chi connectivity index (χ2v) is 7.98. The summed E-state index contributed by atoms with van der Waals surface area (Å²) in [7, 11) is 0. The van der Waals surface area contributed by atoms with E-state index in [9.17, 15) is 0 Å². The molecule has 0 amide bonds. The normalized spacial score (nSPS) is 11.2. The Balaban J connectivity index is 1.29. The highest BCUT2D eigenvalue weighted by molar-refractivity contribution is 5.83. The van der Waals surface area contributed by atoms with Crippen LogP contribution in [0.1, 0.15) is 17.8 Å². The van der Waals surface area contributed by atoms with Gasteiger partial charge in [-0.15, -0.1) is 0 Å². The first-order valence-corrected chi connectivity index (χ1v) is 11.0. The zero-order valence-electron chi connectivity index (χ0n) is 18.2. The molecule has 32 heavy (non-hydrogen) atoms. The van der Waals surface area contributed by atoms with Crippen molar-refractivity contribution in [2.75, 3.05) is 6.61 Å². The van der Waals surface area contributed by atoms with Crippen molar-refractivity contribution in [1.29, 1.82) is 0 Å². The van der Waals surface area contributed by atoms with E-state index in [0.29, 0.717) is 13.2 Å². The third-order valence-electron chi connectivity index (χ3n) is 5.64. The number of ether oxygens (including phenoxy) is 2. The number of hydrogen-bond acceptors (Lipinski definition) is 3. The fourth-order valence-electron chi connectivity index (χ4n) is 3.94. The molecule has 0 aliphatic rings. The van der Waals surface area contributed by atoms with Gasteiger partial charge >= 0.3 is 0 Å². The molecule has 4 aromatic carbocycles. The predicted octanol–water partition coefficient (Wildman–Crippen LogP) is 6.55. The van der Waals surface area contributed by atoms with Crippen LogP contribution in [0.2, 0.25) is 0 Å². The number of benzene rings is 4. The molecule has 0 saturated carbocycles. The van der Waals surface area contributed by atoms with Crippen LogP contribution in [0.15, 0.2) is 91.0 Å². The van der Waals surface area contributed by atoms with Gasteiger partial charge in [-0.3, -0.25) is 0 Å². The van der Waals surface area contributed by atoms with E-state index in [0.717, 1.165) is 41.3 Å². The Kier molecular flexibility index (Phi) is 5.75. The molecule has 0 aliphatic carbocycles. The van der Waals surface area contributed by atoms with Crippen molar-refractivity contribution in [3.63, 3.8) is 0 Å². The zero-order valence-corrected chi connectivity index (χ0v) is 18.2. The van der Waals surface area contributed by atoms with E-state index >= 15 is 0 Å². The molecule has 5 aromatic rings. The fourth-order valence-corrected chi connectivity index (χ4v) is 3.94. The summed E-state index contributed by atoms with van der Waals surface area (Å²) in [4.78, 5) is 4.83. The summed E-state index contributed by atoms with van der Waals surface area (Å²) in [6, 6.07) is 30.9. The molecule has 0 fully saturated rings. The summed E-state index contributed by atoms with van der Waals surface area (Å²) in [6.45, 7) is 3.98.